The third kappa shape index (κ3) is 2.30. The SMILES string of the molecule is COC(=O)C1C=CC(C(=O)OC)C2=C(C)CCC(C)=C21. The smallest absolute Gasteiger partial charge is 0.317 e. The summed E-state index contributed by atoms with van der Waals surface area (Å²) in [4.78, 5) is 23.9. The van der Waals surface area contributed by atoms with Crippen LogP contribution in [0.1, 0.15) is 26.7 Å². The van der Waals surface area contributed by atoms with Gasteiger partial charge in [-0.3, -0.25) is 9.59 Å². The Balaban J connectivity index is 2.57. The predicted octanol–water partition coefficient (Wildman–Crippen LogP) is 2.56. The molecular weight excluding hydrogens is 256 g/mol. The Labute approximate surface area is 119 Å². The third-order valence-electron chi connectivity index (χ3n) is 4.11. The maximum atomic E-state index is 12.0. The molecule has 0 saturated carbocycles. The van der Waals surface area contributed by atoms with Gasteiger partial charge in [0.05, 0.1) is 14.2 Å². The van der Waals surface area contributed by atoms with Gasteiger partial charge in [0.15, 0.2) is 0 Å². The van der Waals surface area contributed by atoms with Gasteiger partial charge < -0.3 is 9.47 Å². The highest BCUT2D eigenvalue weighted by molar-refractivity contribution is 5.87. The van der Waals surface area contributed by atoms with Crippen LogP contribution < -0.4 is 0 Å². The molecule has 2 aliphatic rings. The number of carbonyl (C=O) groups is 2. The predicted molar refractivity (Wildman–Crippen MR) is 74.8 cm³/mol. The van der Waals surface area contributed by atoms with E-state index in [0.29, 0.717) is 0 Å². The van der Waals surface area contributed by atoms with Gasteiger partial charge in [-0.05, 0) is 37.8 Å². The van der Waals surface area contributed by atoms with Gasteiger partial charge in [-0.1, -0.05) is 23.3 Å². The van der Waals surface area contributed by atoms with E-state index in [9.17, 15) is 9.59 Å². The summed E-state index contributed by atoms with van der Waals surface area (Å²) in [5.74, 6) is -1.39. The number of ether oxygens (including phenoxy) is 2. The van der Waals surface area contributed by atoms with E-state index in [0.717, 1.165) is 35.1 Å². The van der Waals surface area contributed by atoms with Crippen LogP contribution in [-0.4, -0.2) is 26.2 Å². The van der Waals surface area contributed by atoms with E-state index in [2.05, 4.69) is 0 Å². The molecule has 20 heavy (non-hydrogen) atoms. The lowest BCUT2D eigenvalue weighted by Crippen LogP contribution is -2.30. The van der Waals surface area contributed by atoms with Crippen molar-refractivity contribution in [2.24, 2.45) is 11.8 Å². The van der Waals surface area contributed by atoms with Crippen molar-refractivity contribution >= 4 is 11.9 Å². The molecular formula is C16H20O4. The van der Waals surface area contributed by atoms with Crippen LogP contribution in [-0.2, 0) is 19.1 Å². The number of allylic oxidation sites excluding steroid dienone is 2. The first-order valence-electron chi connectivity index (χ1n) is 6.74. The zero-order valence-corrected chi connectivity index (χ0v) is 12.4. The van der Waals surface area contributed by atoms with Crippen molar-refractivity contribution < 1.29 is 19.1 Å². The summed E-state index contributed by atoms with van der Waals surface area (Å²) >= 11 is 0. The molecule has 108 valence electrons. The number of carbonyl (C=O) groups excluding carboxylic acids is 2. The Morgan fingerprint density at radius 2 is 1.25 bits per heavy atom. The zero-order chi connectivity index (χ0) is 14.9. The molecule has 0 aromatic rings. The van der Waals surface area contributed by atoms with E-state index in [1.165, 1.54) is 14.2 Å². The maximum absolute atomic E-state index is 12.0. The summed E-state index contributed by atoms with van der Waals surface area (Å²) in [6.45, 7) is 4.04. The van der Waals surface area contributed by atoms with Crippen molar-refractivity contribution in [3.05, 3.63) is 34.4 Å². The fraction of sp³-hybridized carbons (Fsp3) is 0.500. The first-order chi connectivity index (χ1) is 9.51. The molecule has 0 aromatic heterocycles. The van der Waals surface area contributed by atoms with Crippen molar-refractivity contribution in [2.75, 3.05) is 14.2 Å². The Morgan fingerprint density at radius 1 is 0.900 bits per heavy atom. The minimum absolute atomic E-state index is 0.286. The lowest BCUT2D eigenvalue weighted by Gasteiger charge is -2.33. The number of fused-ring (bicyclic) bond motifs is 1. The summed E-state index contributed by atoms with van der Waals surface area (Å²) in [5, 5.41) is 0. The summed E-state index contributed by atoms with van der Waals surface area (Å²) in [6, 6.07) is 0. The van der Waals surface area contributed by atoms with E-state index in [1.54, 1.807) is 12.2 Å². The van der Waals surface area contributed by atoms with Gasteiger partial charge in [-0.25, -0.2) is 0 Å². The molecule has 4 nitrogen and oxygen atoms in total. The second kappa shape index (κ2) is 5.65. The topological polar surface area (TPSA) is 52.6 Å². The van der Waals surface area contributed by atoms with Crippen molar-refractivity contribution in [3.8, 4) is 0 Å². The molecule has 2 aliphatic carbocycles. The van der Waals surface area contributed by atoms with E-state index in [4.69, 9.17) is 9.47 Å². The van der Waals surface area contributed by atoms with Crippen LogP contribution >= 0.6 is 0 Å². The standard InChI is InChI=1S/C16H20O4/c1-9-5-6-10(2)14-12(16(18)20-4)8-7-11(13(9)14)15(17)19-3/h7-8,11-12H,5-6H2,1-4H3. The molecule has 0 radical (unpaired) electrons. The largest absolute Gasteiger partial charge is 0.468 e. The Kier molecular flexibility index (Phi) is 4.12. The van der Waals surface area contributed by atoms with Crippen LogP contribution in [0.5, 0.6) is 0 Å². The normalized spacial score (nSPS) is 25.4. The van der Waals surface area contributed by atoms with E-state index < -0.39 is 11.8 Å². The van der Waals surface area contributed by atoms with Crippen molar-refractivity contribution in [3.63, 3.8) is 0 Å². The minimum Gasteiger partial charge on any atom is -0.468 e. The molecule has 2 unspecified atom stereocenters. The molecule has 4 heteroatoms. The van der Waals surface area contributed by atoms with Crippen LogP contribution in [0.25, 0.3) is 0 Å². The molecule has 0 spiro atoms. The van der Waals surface area contributed by atoms with Gasteiger partial charge in [0.25, 0.3) is 0 Å². The van der Waals surface area contributed by atoms with Gasteiger partial charge in [-0.15, -0.1) is 0 Å². The quantitative estimate of drug-likeness (QED) is 0.574. The first-order valence-corrected chi connectivity index (χ1v) is 6.74. The van der Waals surface area contributed by atoms with E-state index in [1.807, 2.05) is 13.8 Å². The van der Waals surface area contributed by atoms with Gasteiger partial charge >= 0.3 is 11.9 Å². The minimum atomic E-state index is -0.411. The average molecular weight is 276 g/mol. The molecule has 0 fully saturated rings. The second-order valence-corrected chi connectivity index (χ2v) is 5.27. The number of hydrogen-bond acceptors (Lipinski definition) is 4. The number of methoxy groups -OCH3 is 2. The molecule has 0 saturated heterocycles. The average Bonchev–Trinajstić information content (AvgIpc) is 2.48. The van der Waals surface area contributed by atoms with Crippen LogP contribution in [0.2, 0.25) is 0 Å². The van der Waals surface area contributed by atoms with Gasteiger partial charge in [-0.2, -0.15) is 0 Å². The number of hydrogen-bond donors (Lipinski definition) is 0. The van der Waals surface area contributed by atoms with Crippen molar-refractivity contribution in [1.29, 1.82) is 0 Å². The van der Waals surface area contributed by atoms with Crippen molar-refractivity contribution in [2.45, 2.75) is 26.7 Å². The van der Waals surface area contributed by atoms with Crippen molar-refractivity contribution in [1.82, 2.24) is 0 Å². The van der Waals surface area contributed by atoms with Gasteiger partial charge in [0.1, 0.15) is 11.8 Å². The zero-order valence-electron chi connectivity index (χ0n) is 12.4. The first kappa shape index (κ1) is 14.6. The monoisotopic (exact) mass is 276 g/mol. The summed E-state index contributed by atoms with van der Waals surface area (Å²) in [7, 11) is 2.77. The Bertz CT molecular complexity index is 489. The maximum Gasteiger partial charge on any atom is 0.317 e. The fourth-order valence-electron chi connectivity index (χ4n) is 3.03. The molecule has 2 atom stereocenters. The molecule has 0 aromatic carbocycles. The third-order valence-corrected chi connectivity index (χ3v) is 4.11. The lowest BCUT2D eigenvalue weighted by atomic mass is 9.71. The van der Waals surface area contributed by atoms with Crippen LogP contribution in [0, 0.1) is 11.8 Å². The summed E-state index contributed by atoms with van der Waals surface area (Å²) < 4.78 is 9.76. The fourth-order valence-corrected chi connectivity index (χ4v) is 3.03. The molecule has 0 aliphatic heterocycles. The number of esters is 2. The van der Waals surface area contributed by atoms with Gasteiger partial charge in [0.2, 0.25) is 0 Å². The highest BCUT2D eigenvalue weighted by Gasteiger charge is 2.38. The highest BCUT2D eigenvalue weighted by Crippen LogP contribution is 2.43. The van der Waals surface area contributed by atoms with E-state index in [-0.39, 0.29) is 11.9 Å². The Morgan fingerprint density at radius 3 is 1.55 bits per heavy atom. The van der Waals surface area contributed by atoms with Crippen LogP contribution in [0.4, 0.5) is 0 Å². The molecule has 2 rings (SSSR count). The van der Waals surface area contributed by atoms with Crippen LogP contribution in [0.3, 0.4) is 0 Å². The molecule has 0 amide bonds. The molecule has 0 bridgehead atoms. The van der Waals surface area contributed by atoms with Gasteiger partial charge in [0, 0.05) is 0 Å². The summed E-state index contributed by atoms with van der Waals surface area (Å²) in [6.07, 6.45) is 5.35. The molecule has 0 N–H and O–H groups in total. The van der Waals surface area contributed by atoms with E-state index >= 15 is 0 Å². The second-order valence-electron chi connectivity index (χ2n) is 5.27. The lowest BCUT2D eigenvalue weighted by molar-refractivity contribution is -0.144. The Hall–Kier alpha value is -1.84. The highest BCUT2D eigenvalue weighted by atomic mass is 16.5. The molecule has 0 heterocycles. The number of rotatable bonds is 2. The van der Waals surface area contributed by atoms with Crippen LogP contribution in [0.15, 0.2) is 34.4 Å². The summed E-state index contributed by atoms with van der Waals surface area (Å²) in [5.41, 5.74) is 4.19.